The van der Waals surface area contributed by atoms with E-state index in [0.717, 1.165) is 7.11 Å². The predicted octanol–water partition coefficient (Wildman–Crippen LogP) is 2.97. The van der Waals surface area contributed by atoms with Crippen molar-refractivity contribution in [1.29, 1.82) is 0 Å². The molecule has 4 rings (SSSR count). The van der Waals surface area contributed by atoms with Crippen molar-refractivity contribution in [2.24, 2.45) is 0 Å². The number of methoxy groups -OCH3 is 3. The summed E-state index contributed by atoms with van der Waals surface area (Å²) >= 11 is 0.158. The Bertz CT molecular complexity index is 972. The number of carbonyl (C=O) groups is 1. The first-order valence-electron chi connectivity index (χ1n) is 8.03. The van der Waals surface area contributed by atoms with E-state index < -0.39 is 34.4 Å². The van der Waals surface area contributed by atoms with Crippen LogP contribution in [0.25, 0.3) is 11.0 Å². The maximum atomic E-state index is 14.0. The largest absolute Gasteiger partial charge is 0.495 e. The highest BCUT2D eigenvalue weighted by Crippen LogP contribution is 2.68. The van der Waals surface area contributed by atoms with E-state index in [1.807, 2.05) is 0 Å². The molecule has 1 aromatic heterocycles. The van der Waals surface area contributed by atoms with E-state index >= 15 is 0 Å². The number of thioether (sulfide) groups is 1. The minimum absolute atomic E-state index is 0.0363. The van der Waals surface area contributed by atoms with Gasteiger partial charge in [-0.1, -0.05) is 11.8 Å². The highest BCUT2D eigenvalue weighted by atomic mass is 32.2. The van der Waals surface area contributed by atoms with Crippen molar-refractivity contribution in [3.8, 4) is 17.2 Å². The first-order chi connectivity index (χ1) is 13.1. The lowest BCUT2D eigenvalue weighted by molar-refractivity contribution is -0.227. The molecule has 1 saturated heterocycles. The first-order valence-corrected chi connectivity index (χ1v) is 8.91. The van der Waals surface area contributed by atoms with Crippen molar-refractivity contribution in [3.05, 3.63) is 17.9 Å². The monoisotopic (exact) mass is 420 g/mol. The Morgan fingerprint density at radius 1 is 1.29 bits per heavy atom. The van der Waals surface area contributed by atoms with Crippen LogP contribution >= 0.6 is 11.8 Å². The number of carbonyl (C=O) groups excluding carboxylic acids is 1. The van der Waals surface area contributed by atoms with Gasteiger partial charge in [-0.25, -0.2) is 0 Å². The molecule has 28 heavy (non-hydrogen) atoms. The number of hydrogen-bond acceptors (Lipinski definition) is 8. The van der Waals surface area contributed by atoms with Crippen LogP contribution in [-0.4, -0.2) is 48.8 Å². The Morgan fingerprint density at radius 2 is 1.96 bits per heavy atom. The number of aliphatic hydroxyl groups is 1. The van der Waals surface area contributed by atoms with Crippen molar-refractivity contribution in [2.45, 2.75) is 28.4 Å². The summed E-state index contributed by atoms with van der Waals surface area (Å²) in [4.78, 5) is 9.42. The lowest BCUT2D eigenvalue weighted by Crippen LogP contribution is -2.50. The number of esters is 1. The van der Waals surface area contributed by atoms with E-state index in [1.54, 1.807) is 0 Å². The van der Waals surface area contributed by atoms with Crippen molar-refractivity contribution in [2.75, 3.05) is 21.3 Å². The summed E-state index contributed by atoms with van der Waals surface area (Å²) in [5, 5.41) is 10.2. The van der Waals surface area contributed by atoms with Crippen LogP contribution in [0.2, 0.25) is 0 Å². The fraction of sp³-hybridized carbons (Fsp3) is 0.471. The van der Waals surface area contributed by atoms with Gasteiger partial charge in [-0.05, 0) is 6.07 Å². The van der Waals surface area contributed by atoms with Gasteiger partial charge in [-0.2, -0.15) is 13.2 Å². The second kappa shape index (κ2) is 5.86. The Balaban J connectivity index is 2.11. The third kappa shape index (κ3) is 2.20. The lowest BCUT2D eigenvalue weighted by Gasteiger charge is -2.39. The fourth-order valence-electron chi connectivity index (χ4n) is 3.80. The zero-order valence-corrected chi connectivity index (χ0v) is 15.7. The SMILES string of the molecule is COC(=O)[C@@H]1S[C@]2(C(F)(F)F)C[C@@]1(O)c1c(c(OC)c3occc3c1OC)O2. The summed E-state index contributed by atoms with van der Waals surface area (Å²) in [6.45, 7) is 0. The molecule has 2 aliphatic heterocycles. The molecule has 7 nitrogen and oxygen atoms in total. The summed E-state index contributed by atoms with van der Waals surface area (Å²) in [5.74, 6) is -1.49. The van der Waals surface area contributed by atoms with E-state index in [1.165, 1.54) is 26.5 Å². The van der Waals surface area contributed by atoms with E-state index in [4.69, 9.17) is 18.6 Å². The predicted molar refractivity (Wildman–Crippen MR) is 90.6 cm³/mol. The third-order valence-corrected chi connectivity index (χ3v) is 6.63. The summed E-state index contributed by atoms with van der Waals surface area (Å²) in [5.41, 5.74) is -2.29. The van der Waals surface area contributed by atoms with Crippen LogP contribution in [-0.2, 0) is 15.1 Å². The van der Waals surface area contributed by atoms with E-state index in [-0.39, 0.29) is 40.2 Å². The van der Waals surface area contributed by atoms with E-state index in [2.05, 4.69) is 4.74 Å². The molecule has 0 unspecified atom stereocenters. The number of rotatable bonds is 3. The molecule has 152 valence electrons. The van der Waals surface area contributed by atoms with Gasteiger partial charge in [-0.3, -0.25) is 4.79 Å². The van der Waals surface area contributed by atoms with Gasteiger partial charge in [0.25, 0.3) is 4.93 Å². The highest BCUT2D eigenvalue weighted by molar-refractivity contribution is 8.02. The smallest absolute Gasteiger partial charge is 0.438 e. The zero-order chi connectivity index (χ0) is 20.5. The molecule has 11 heteroatoms. The van der Waals surface area contributed by atoms with E-state index in [0.29, 0.717) is 5.39 Å². The molecule has 0 spiro atoms. The van der Waals surface area contributed by atoms with Crippen LogP contribution in [0.5, 0.6) is 17.2 Å². The maximum absolute atomic E-state index is 14.0. The normalized spacial score (nSPS) is 28.6. The summed E-state index contributed by atoms with van der Waals surface area (Å²) in [6.07, 6.45) is -4.51. The average Bonchev–Trinajstić information content (AvgIpc) is 3.20. The Kier molecular flexibility index (Phi) is 3.99. The number of furan rings is 1. The maximum Gasteiger partial charge on any atom is 0.438 e. The van der Waals surface area contributed by atoms with Crippen LogP contribution in [0.15, 0.2) is 16.7 Å². The second-order valence-electron chi connectivity index (χ2n) is 6.41. The lowest BCUT2D eigenvalue weighted by atomic mass is 9.80. The Labute approximate surface area is 160 Å². The molecule has 3 atom stereocenters. The number of halogens is 3. The van der Waals surface area contributed by atoms with Gasteiger partial charge in [0.05, 0.1) is 38.5 Å². The molecule has 2 aliphatic rings. The highest BCUT2D eigenvalue weighted by Gasteiger charge is 2.75. The van der Waals surface area contributed by atoms with Crippen LogP contribution < -0.4 is 14.2 Å². The molecule has 1 fully saturated rings. The average molecular weight is 420 g/mol. The third-order valence-electron chi connectivity index (χ3n) is 4.98. The fourth-order valence-corrected chi connectivity index (χ4v) is 5.34. The molecular formula is C17H15F3O7S. The summed E-state index contributed by atoms with van der Waals surface area (Å²) in [6, 6.07) is 1.52. The van der Waals surface area contributed by atoms with Crippen LogP contribution in [0, 0.1) is 0 Å². The molecular weight excluding hydrogens is 405 g/mol. The minimum Gasteiger partial charge on any atom is -0.495 e. The van der Waals surface area contributed by atoms with Crippen molar-refractivity contribution in [1.82, 2.24) is 0 Å². The molecule has 0 aliphatic carbocycles. The van der Waals surface area contributed by atoms with Crippen molar-refractivity contribution in [3.63, 3.8) is 0 Å². The van der Waals surface area contributed by atoms with Crippen molar-refractivity contribution >= 4 is 28.7 Å². The van der Waals surface area contributed by atoms with Gasteiger partial charge < -0.3 is 28.5 Å². The quantitative estimate of drug-likeness (QED) is 0.759. The van der Waals surface area contributed by atoms with Gasteiger partial charge in [0.1, 0.15) is 16.6 Å². The van der Waals surface area contributed by atoms with Gasteiger partial charge in [0, 0.05) is 6.42 Å². The number of alkyl halides is 3. The molecule has 0 amide bonds. The van der Waals surface area contributed by atoms with Crippen LogP contribution in [0.3, 0.4) is 0 Å². The summed E-state index contributed by atoms with van der Waals surface area (Å²) in [7, 11) is 3.56. The standard InChI is InChI=1S/C17H15F3O7S/c1-23-9-7-4-5-26-10(7)12(24-2)11-8(9)15(22)6-16(27-11,17(18,19)20)28-13(15)14(21)25-3/h4-5,13,22H,6H2,1-3H3/t13-,15+,16-/m0/s1. The molecule has 2 bridgehead atoms. The number of fused-ring (bicyclic) bond motifs is 5. The molecule has 3 heterocycles. The van der Waals surface area contributed by atoms with E-state index in [9.17, 15) is 23.1 Å². The van der Waals surface area contributed by atoms with Crippen molar-refractivity contribution < 1.29 is 46.4 Å². The Hall–Kier alpha value is -2.27. The molecule has 2 aromatic rings. The summed E-state index contributed by atoms with van der Waals surface area (Å²) < 4.78 is 68.0. The molecule has 0 saturated carbocycles. The van der Waals surface area contributed by atoms with Gasteiger partial charge in [-0.15, -0.1) is 0 Å². The minimum atomic E-state index is -4.90. The van der Waals surface area contributed by atoms with Gasteiger partial charge in [0.15, 0.2) is 11.3 Å². The molecule has 1 N–H and O–H groups in total. The van der Waals surface area contributed by atoms with Gasteiger partial charge in [0.2, 0.25) is 5.75 Å². The number of benzene rings is 1. The topological polar surface area (TPSA) is 87.4 Å². The number of hydrogen-bond donors (Lipinski definition) is 1. The zero-order valence-electron chi connectivity index (χ0n) is 14.9. The Morgan fingerprint density at radius 3 is 2.54 bits per heavy atom. The van der Waals surface area contributed by atoms with Crippen LogP contribution in [0.4, 0.5) is 13.2 Å². The molecule has 1 aromatic carbocycles. The van der Waals surface area contributed by atoms with Gasteiger partial charge >= 0.3 is 12.1 Å². The second-order valence-corrected chi connectivity index (χ2v) is 7.78. The van der Waals surface area contributed by atoms with Crippen LogP contribution in [0.1, 0.15) is 12.0 Å². The molecule has 0 radical (unpaired) electrons. The number of ether oxygens (including phenoxy) is 4. The first kappa shape index (κ1) is 19.1.